The first-order chi connectivity index (χ1) is 16.8. The Bertz CT molecular complexity index is 982. The van der Waals surface area contributed by atoms with Crippen LogP contribution in [-0.4, -0.2) is 26.2 Å². The van der Waals surface area contributed by atoms with Crippen LogP contribution in [0.4, 0.5) is 26.3 Å². The van der Waals surface area contributed by atoms with Gasteiger partial charge in [-0.05, 0) is 68.0 Å². The number of carbonyl (C=O) groups excluding carboxylic acids is 1. The monoisotopic (exact) mass is 517 g/mol. The predicted molar refractivity (Wildman–Crippen MR) is 121 cm³/mol. The van der Waals surface area contributed by atoms with Crippen molar-refractivity contribution in [1.29, 1.82) is 0 Å². The molecular weight excluding hydrogens is 488 g/mol. The number of nitrogens with one attached hydrogen (secondary N) is 1. The molecular formula is C26H29F6NO3. The van der Waals surface area contributed by atoms with Crippen LogP contribution in [0.1, 0.15) is 61.0 Å². The van der Waals surface area contributed by atoms with Crippen LogP contribution < -0.4 is 5.32 Å². The Labute approximate surface area is 206 Å². The number of halogens is 6. The highest BCUT2D eigenvalue weighted by molar-refractivity contribution is 5.69. The van der Waals surface area contributed by atoms with Crippen molar-refractivity contribution in [3.8, 4) is 0 Å². The van der Waals surface area contributed by atoms with Gasteiger partial charge in [-0.15, -0.1) is 0 Å². The summed E-state index contributed by atoms with van der Waals surface area (Å²) >= 11 is 0. The van der Waals surface area contributed by atoms with Crippen LogP contribution in [0.3, 0.4) is 0 Å². The number of rotatable bonds is 8. The van der Waals surface area contributed by atoms with Crippen LogP contribution in [0, 0.1) is 5.92 Å². The van der Waals surface area contributed by atoms with E-state index in [0.717, 1.165) is 12.0 Å². The molecule has 1 N–H and O–H groups in total. The van der Waals surface area contributed by atoms with Crippen molar-refractivity contribution in [3.63, 3.8) is 0 Å². The molecule has 3 rings (SSSR count). The number of carbonyl (C=O) groups is 1. The largest absolute Gasteiger partial charge is 0.469 e. The Morgan fingerprint density at radius 2 is 1.67 bits per heavy atom. The molecule has 1 unspecified atom stereocenters. The maximum Gasteiger partial charge on any atom is 0.416 e. The smallest absolute Gasteiger partial charge is 0.416 e. The molecule has 1 aliphatic rings. The van der Waals surface area contributed by atoms with Gasteiger partial charge in [0.1, 0.15) is 0 Å². The number of benzene rings is 2. The first-order valence-electron chi connectivity index (χ1n) is 11.6. The van der Waals surface area contributed by atoms with Crippen LogP contribution >= 0.6 is 0 Å². The minimum Gasteiger partial charge on any atom is -0.469 e. The van der Waals surface area contributed by atoms with E-state index >= 15 is 0 Å². The van der Waals surface area contributed by atoms with Gasteiger partial charge in [0, 0.05) is 6.42 Å². The molecule has 1 fully saturated rings. The molecule has 0 amide bonds. The highest BCUT2D eigenvalue weighted by Crippen LogP contribution is 2.39. The van der Waals surface area contributed by atoms with Crippen molar-refractivity contribution in [1.82, 2.24) is 5.32 Å². The lowest BCUT2D eigenvalue weighted by Gasteiger charge is -2.42. The van der Waals surface area contributed by atoms with Gasteiger partial charge in [-0.25, -0.2) is 0 Å². The molecule has 0 aliphatic carbocycles. The van der Waals surface area contributed by atoms with E-state index in [4.69, 9.17) is 9.47 Å². The van der Waals surface area contributed by atoms with Gasteiger partial charge in [0.05, 0.1) is 36.5 Å². The molecule has 2 aromatic carbocycles. The summed E-state index contributed by atoms with van der Waals surface area (Å²) in [6, 6.07) is 10.9. The lowest BCUT2D eigenvalue weighted by molar-refractivity contribution is -0.143. The van der Waals surface area contributed by atoms with E-state index in [1.807, 2.05) is 30.3 Å². The number of hydrogen-bond acceptors (Lipinski definition) is 4. The van der Waals surface area contributed by atoms with Crippen molar-refractivity contribution >= 4 is 5.97 Å². The molecule has 3 atom stereocenters. The van der Waals surface area contributed by atoms with Crippen molar-refractivity contribution in [2.75, 3.05) is 20.3 Å². The van der Waals surface area contributed by atoms with Gasteiger partial charge in [-0.1, -0.05) is 30.3 Å². The summed E-state index contributed by atoms with van der Waals surface area (Å²) in [4.78, 5) is 11.5. The van der Waals surface area contributed by atoms with E-state index in [0.29, 0.717) is 37.9 Å². The van der Waals surface area contributed by atoms with E-state index < -0.39 is 35.1 Å². The molecule has 0 spiro atoms. The average Bonchev–Trinajstić information content (AvgIpc) is 2.85. The Morgan fingerprint density at radius 1 is 1.06 bits per heavy atom. The Hall–Kier alpha value is -2.59. The van der Waals surface area contributed by atoms with Gasteiger partial charge < -0.3 is 14.8 Å². The highest BCUT2D eigenvalue weighted by Gasteiger charge is 2.39. The van der Waals surface area contributed by atoms with Crippen molar-refractivity contribution in [2.45, 2.75) is 56.6 Å². The molecule has 2 aromatic rings. The minimum atomic E-state index is -4.93. The van der Waals surface area contributed by atoms with Gasteiger partial charge in [-0.3, -0.25) is 4.79 Å². The average molecular weight is 518 g/mol. The fourth-order valence-electron chi connectivity index (χ4n) is 4.44. The van der Waals surface area contributed by atoms with Gasteiger partial charge in [0.15, 0.2) is 0 Å². The van der Waals surface area contributed by atoms with Crippen molar-refractivity contribution < 1.29 is 40.6 Å². The number of methoxy groups -OCH3 is 1. The second kappa shape index (κ2) is 11.2. The van der Waals surface area contributed by atoms with E-state index in [9.17, 15) is 31.1 Å². The second-order valence-corrected chi connectivity index (χ2v) is 9.14. The Balaban J connectivity index is 1.79. The molecule has 0 bridgehead atoms. The third kappa shape index (κ3) is 7.00. The lowest BCUT2D eigenvalue weighted by Crippen LogP contribution is -2.52. The number of piperidine rings is 1. The summed E-state index contributed by atoms with van der Waals surface area (Å²) in [5.41, 5.74) is -2.71. The van der Waals surface area contributed by atoms with Crippen molar-refractivity contribution in [2.24, 2.45) is 5.92 Å². The Morgan fingerprint density at radius 3 is 2.17 bits per heavy atom. The van der Waals surface area contributed by atoms with Gasteiger partial charge in [0.2, 0.25) is 0 Å². The molecule has 198 valence electrons. The van der Waals surface area contributed by atoms with E-state index in [-0.39, 0.29) is 30.1 Å². The molecule has 1 saturated heterocycles. The third-order valence-corrected chi connectivity index (χ3v) is 6.68. The van der Waals surface area contributed by atoms with Crippen LogP contribution in [-0.2, 0) is 32.2 Å². The zero-order valence-electron chi connectivity index (χ0n) is 20.0. The third-order valence-electron chi connectivity index (χ3n) is 6.68. The molecule has 0 aromatic heterocycles. The van der Waals surface area contributed by atoms with Gasteiger partial charge in [0.25, 0.3) is 0 Å². The normalized spacial score (nSPS) is 21.7. The first kappa shape index (κ1) is 28.0. The highest BCUT2D eigenvalue weighted by atomic mass is 19.4. The van der Waals surface area contributed by atoms with E-state index in [1.165, 1.54) is 14.0 Å². The SMILES string of the molecule is COC(=O)CCC1CC[C@@](CO[C@H](C)c2cc(C(F)(F)F)cc(C(F)(F)F)c2)(c2ccccc2)NC1. The molecule has 0 saturated carbocycles. The number of alkyl halides is 6. The predicted octanol–water partition coefficient (Wildman–Crippen LogP) is 6.65. The topological polar surface area (TPSA) is 47.6 Å². The first-order valence-corrected chi connectivity index (χ1v) is 11.6. The molecule has 1 heterocycles. The zero-order valence-corrected chi connectivity index (χ0v) is 20.0. The number of hydrogen-bond donors (Lipinski definition) is 1. The van der Waals surface area contributed by atoms with Gasteiger partial charge >= 0.3 is 18.3 Å². The van der Waals surface area contributed by atoms with Gasteiger partial charge in [-0.2, -0.15) is 26.3 Å². The summed E-state index contributed by atoms with van der Waals surface area (Å²) in [6.07, 6.45) is -8.55. The number of ether oxygens (including phenoxy) is 2. The quantitative estimate of drug-likeness (QED) is 0.315. The molecule has 10 heteroatoms. The van der Waals surface area contributed by atoms with Crippen LogP contribution in [0.15, 0.2) is 48.5 Å². The molecule has 36 heavy (non-hydrogen) atoms. The summed E-state index contributed by atoms with van der Waals surface area (Å²) in [6.45, 7) is 2.06. The van der Waals surface area contributed by atoms with E-state index in [1.54, 1.807) is 0 Å². The van der Waals surface area contributed by atoms with Crippen LogP contribution in [0.2, 0.25) is 0 Å². The Kier molecular flexibility index (Phi) is 8.71. The number of esters is 1. The fourth-order valence-corrected chi connectivity index (χ4v) is 4.44. The van der Waals surface area contributed by atoms with Crippen LogP contribution in [0.5, 0.6) is 0 Å². The minimum absolute atomic E-state index is 0.0412. The van der Waals surface area contributed by atoms with Crippen LogP contribution in [0.25, 0.3) is 0 Å². The summed E-state index contributed by atoms with van der Waals surface area (Å²) in [7, 11) is 1.34. The summed E-state index contributed by atoms with van der Waals surface area (Å²) in [5.74, 6) is -0.0671. The second-order valence-electron chi connectivity index (χ2n) is 9.14. The summed E-state index contributed by atoms with van der Waals surface area (Å²) in [5, 5.41) is 3.48. The summed E-state index contributed by atoms with van der Waals surface area (Å²) < 4.78 is 90.3. The maximum absolute atomic E-state index is 13.3. The van der Waals surface area contributed by atoms with Crippen molar-refractivity contribution in [3.05, 3.63) is 70.8 Å². The lowest BCUT2D eigenvalue weighted by atomic mass is 9.78. The maximum atomic E-state index is 13.3. The van der Waals surface area contributed by atoms with E-state index in [2.05, 4.69) is 5.32 Å². The standard InChI is InChI=1S/C26H29F6NO3/c1-17(19-12-21(25(27,28)29)14-22(13-19)26(30,31)32)36-16-24(20-6-4-3-5-7-20)11-10-18(15-33-24)8-9-23(34)35-2/h3-7,12-14,17-18,33H,8-11,15-16H2,1-2H3/t17-,18?,24-/m1/s1. The molecule has 0 radical (unpaired) electrons. The zero-order chi connectivity index (χ0) is 26.6. The molecule has 4 nitrogen and oxygen atoms in total. The fraction of sp³-hybridized carbons (Fsp3) is 0.500. The molecule has 1 aliphatic heterocycles.